The van der Waals surface area contributed by atoms with Crippen LogP contribution in [0.3, 0.4) is 0 Å². The van der Waals surface area contributed by atoms with Crippen molar-refractivity contribution in [2.75, 3.05) is 0 Å². The summed E-state index contributed by atoms with van der Waals surface area (Å²) in [7, 11) is 0. The quantitative estimate of drug-likeness (QED) is 0.641. The first-order valence-corrected chi connectivity index (χ1v) is 8.09. The summed E-state index contributed by atoms with van der Waals surface area (Å²) in [5, 5.41) is 22.8. The van der Waals surface area contributed by atoms with E-state index in [1.165, 1.54) is 29.0 Å². The maximum Gasteiger partial charge on any atom is 0.303 e. The van der Waals surface area contributed by atoms with Crippen LogP contribution in [0.1, 0.15) is 24.1 Å². The Labute approximate surface area is 163 Å². The third-order valence-corrected chi connectivity index (χ3v) is 4.04. The minimum absolute atomic E-state index is 0. The van der Waals surface area contributed by atoms with E-state index in [4.69, 9.17) is 5.11 Å². The number of aromatic nitrogens is 3. The molecule has 0 atom stereocenters. The lowest BCUT2D eigenvalue weighted by Gasteiger charge is -2.06. The van der Waals surface area contributed by atoms with Crippen molar-refractivity contribution < 1.29 is 23.8 Å². The Morgan fingerprint density at radius 1 is 1.04 bits per heavy atom. The van der Waals surface area contributed by atoms with Gasteiger partial charge in [-0.1, -0.05) is 0 Å². The average molecular weight is 412 g/mol. The van der Waals surface area contributed by atoms with Gasteiger partial charge in [0, 0.05) is 24.2 Å². The number of hydrogen-bond donors (Lipinski definition) is 2. The molecule has 0 bridgehead atoms. The second kappa shape index (κ2) is 8.75. The molecule has 10 heteroatoms. The third-order valence-electron chi connectivity index (χ3n) is 4.04. The summed E-state index contributed by atoms with van der Waals surface area (Å²) in [5.41, 5.74) is 0.449. The molecule has 0 fully saturated rings. The van der Waals surface area contributed by atoms with Gasteiger partial charge in [-0.3, -0.25) is 9.59 Å². The third kappa shape index (κ3) is 4.61. The van der Waals surface area contributed by atoms with Crippen LogP contribution in [0, 0.1) is 11.6 Å². The van der Waals surface area contributed by atoms with Crippen LogP contribution in [0.15, 0.2) is 35.4 Å². The molecule has 2 aromatic heterocycles. The van der Waals surface area contributed by atoms with Gasteiger partial charge in [-0.05, 0) is 30.5 Å². The van der Waals surface area contributed by atoms with Crippen LogP contribution in [0.5, 0.6) is 0 Å². The Balaban J connectivity index is 0.00000280. The van der Waals surface area contributed by atoms with Crippen molar-refractivity contribution in [2.24, 2.45) is 0 Å². The normalized spacial score (nSPS) is 11.9. The molecule has 7 nitrogen and oxygen atoms in total. The van der Waals surface area contributed by atoms with Crippen LogP contribution < -0.4 is 10.6 Å². The van der Waals surface area contributed by atoms with Crippen LogP contribution in [-0.4, -0.2) is 30.8 Å². The predicted molar refractivity (Wildman–Crippen MR) is 98.4 cm³/mol. The van der Waals surface area contributed by atoms with E-state index >= 15 is 0 Å². The maximum atomic E-state index is 13.3. The number of aliphatic carboxylic acids is 1. The number of aliphatic hydroxyl groups excluding tert-OH is 1. The number of benzene rings is 1. The van der Waals surface area contributed by atoms with Crippen LogP contribution >= 0.6 is 12.4 Å². The van der Waals surface area contributed by atoms with Gasteiger partial charge in [0.2, 0.25) is 0 Å². The predicted octanol–water partition coefficient (Wildman–Crippen LogP) is 1.82. The largest absolute Gasteiger partial charge is 0.511 e. The van der Waals surface area contributed by atoms with Crippen LogP contribution in [-0.2, 0) is 17.6 Å². The van der Waals surface area contributed by atoms with Crippen molar-refractivity contribution in [3.8, 4) is 0 Å². The van der Waals surface area contributed by atoms with E-state index in [0.717, 1.165) is 6.07 Å². The molecule has 0 saturated heterocycles. The molecule has 0 unspecified atom stereocenters. The van der Waals surface area contributed by atoms with Gasteiger partial charge in [-0.2, -0.15) is 5.10 Å². The standard InChI is InChI=1S/C18H15F2N3O4.ClH/c19-11-5-10(6-12(20)7-11)1-2-13-8-15(25)17(14(24)3-4-16(26)27)18-21-9-22-23(13)18;/h5-9,24H,1-4H2,(H,26,27);1H. The van der Waals surface area contributed by atoms with Gasteiger partial charge in [0.05, 0.1) is 6.42 Å². The summed E-state index contributed by atoms with van der Waals surface area (Å²) >= 11 is 0. The van der Waals surface area contributed by atoms with Crippen molar-refractivity contribution in [1.29, 1.82) is 0 Å². The monoisotopic (exact) mass is 411 g/mol. The van der Waals surface area contributed by atoms with Crippen molar-refractivity contribution in [2.45, 2.75) is 25.7 Å². The summed E-state index contributed by atoms with van der Waals surface area (Å²) in [6.45, 7) is 0. The fraction of sp³-hybridized carbons (Fsp3) is 0.222. The minimum Gasteiger partial charge on any atom is -0.511 e. The number of carboxylic acid groups (broad SMARTS) is 1. The highest BCUT2D eigenvalue weighted by Crippen LogP contribution is 2.11. The molecule has 148 valence electrons. The number of halogens is 3. The summed E-state index contributed by atoms with van der Waals surface area (Å²) < 4.78 is 28.0. The first kappa shape index (κ1) is 21.2. The number of fused-ring (bicyclic) bond motifs is 1. The van der Waals surface area contributed by atoms with E-state index in [2.05, 4.69) is 10.1 Å². The Morgan fingerprint density at radius 2 is 1.71 bits per heavy atom. The van der Waals surface area contributed by atoms with Gasteiger partial charge in [-0.15, -0.1) is 12.4 Å². The fourth-order valence-electron chi connectivity index (χ4n) is 2.84. The number of hydrogen-bond acceptors (Lipinski definition) is 5. The lowest BCUT2D eigenvalue weighted by atomic mass is 10.1. The lowest BCUT2D eigenvalue weighted by Crippen LogP contribution is -2.31. The van der Waals surface area contributed by atoms with Crippen molar-refractivity contribution in [1.82, 2.24) is 14.6 Å². The van der Waals surface area contributed by atoms with Gasteiger partial charge in [0.25, 0.3) is 0 Å². The summed E-state index contributed by atoms with van der Waals surface area (Å²) in [6.07, 6.45) is 1.17. The zero-order valence-electron chi connectivity index (χ0n) is 14.4. The lowest BCUT2D eigenvalue weighted by molar-refractivity contribution is -0.136. The number of pyridine rings is 1. The van der Waals surface area contributed by atoms with Gasteiger partial charge in [-0.25, -0.2) is 18.3 Å². The number of aryl methyl sites for hydroxylation is 2. The molecule has 3 aromatic rings. The minimum atomic E-state index is -1.11. The second-order valence-corrected chi connectivity index (χ2v) is 5.99. The van der Waals surface area contributed by atoms with Gasteiger partial charge >= 0.3 is 5.97 Å². The molecule has 3 rings (SSSR count). The van der Waals surface area contributed by atoms with Crippen molar-refractivity contribution in [3.63, 3.8) is 0 Å². The molecule has 2 heterocycles. The molecule has 0 aliphatic heterocycles. The number of aliphatic hydroxyl groups is 1. The van der Waals surface area contributed by atoms with E-state index < -0.39 is 23.0 Å². The zero-order chi connectivity index (χ0) is 19.6. The smallest absolute Gasteiger partial charge is 0.303 e. The molecule has 0 radical (unpaired) electrons. The van der Waals surface area contributed by atoms with Crippen molar-refractivity contribution >= 4 is 29.8 Å². The number of carboxylic acids is 1. The van der Waals surface area contributed by atoms with Gasteiger partial charge in [0.1, 0.15) is 28.9 Å². The molecule has 0 spiro atoms. The maximum absolute atomic E-state index is 13.3. The van der Waals surface area contributed by atoms with Gasteiger partial charge in [0.15, 0.2) is 11.1 Å². The second-order valence-electron chi connectivity index (χ2n) is 5.99. The van der Waals surface area contributed by atoms with E-state index in [1.807, 2.05) is 0 Å². The Hall–Kier alpha value is -3.07. The summed E-state index contributed by atoms with van der Waals surface area (Å²) in [4.78, 5) is 27.1. The fourth-order valence-corrected chi connectivity index (χ4v) is 2.84. The van der Waals surface area contributed by atoms with E-state index in [1.54, 1.807) is 0 Å². The highest BCUT2D eigenvalue weighted by Gasteiger charge is 2.13. The topological polar surface area (TPSA) is 105 Å². The zero-order valence-corrected chi connectivity index (χ0v) is 15.2. The van der Waals surface area contributed by atoms with Crippen LogP contribution in [0.4, 0.5) is 8.78 Å². The van der Waals surface area contributed by atoms with E-state index in [-0.39, 0.29) is 54.7 Å². The highest BCUT2D eigenvalue weighted by atomic mass is 35.5. The first-order valence-electron chi connectivity index (χ1n) is 8.09. The average Bonchev–Trinajstić information content (AvgIpc) is 3.06. The summed E-state index contributed by atoms with van der Waals surface area (Å²) in [6, 6.07) is 4.45. The number of rotatable bonds is 6. The Bertz CT molecular complexity index is 1110. The van der Waals surface area contributed by atoms with Crippen molar-refractivity contribution in [3.05, 3.63) is 68.9 Å². The van der Waals surface area contributed by atoms with Gasteiger partial charge < -0.3 is 10.2 Å². The highest BCUT2D eigenvalue weighted by molar-refractivity contribution is 5.85. The summed E-state index contributed by atoms with van der Waals surface area (Å²) in [5.74, 6) is -2.85. The molecule has 1 aromatic carbocycles. The number of carbonyl (C=O) groups is 1. The van der Waals surface area contributed by atoms with Crippen LogP contribution in [0.25, 0.3) is 11.4 Å². The SMILES string of the molecule is Cl.O=C(O)CCC(O)=c1c(=O)cc(CCc2cc(F)cc(F)c2)n2ncnc12. The molecule has 0 amide bonds. The molecule has 0 aliphatic rings. The molecular formula is C18H16ClF2N3O4. The first-order chi connectivity index (χ1) is 12.8. The molecule has 2 N–H and O–H groups in total. The molecule has 28 heavy (non-hydrogen) atoms. The van der Waals surface area contributed by atoms with E-state index in [0.29, 0.717) is 11.3 Å². The molecule has 0 aliphatic carbocycles. The number of nitrogens with zero attached hydrogens (tertiary/aromatic N) is 3. The van der Waals surface area contributed by atoms with Crippen LogP contribution in [0.2, 0.25) is 0 Å². The Kier molecular flexibility index (Phi) is 6.63. The Morgan fingerprint density at radius 3 is 2.36 bits per heavy atom. The molecular weight excluding hydrogens is 396 g/mol. The van der Waals surface area contributed by atoms with E-state index in [9.17, 15) is 23.5 Å². The molecule has 0 saturated carbocycles.